The summed E-state index contributed by atoms with van der Waals surface area (Å²) in [6.07, 6.45) is 3.52. The topological polar surface area (TPSA) is 75.9 Å². The lowest BCUT2D eigenvalue weighted by Gasteiger charge is -2.22. The lowest BCUT2D eigenvalue weighted by Crippen LogP contribution is -2.25. The van der Waals surface area contributed by atoms with Gasteiger partial charge in [0.25, 0.3) is 0 Å². The molecule has 106 valence electrons. The second-order valence-electron chi connectivity index (χ2n) is 5.64. The van der Waals surface area contributed by atoms with Crippen LogP contribution in [0.2, 0.25) is 0 Å². The van der Waals surface area contributed by atoms with Crippen molar-refractivity contribution in [2.75, 3.05) is 10.7 Å². The predicted molar refractivity (Wildman–Crippen MR) is 79.1 cm³/mol. The molecule has 1 saturated carbocycles. The van der Waals surface area contributed by atoms with E-state index in [9.17, 15) is 0 Å². The standard InChI is InChI=1S/C14H25N5/c1-5-8(2)10(4)16-12-9(3)13(19-15)18-14(17-12)11-6-7-11/h8,10-11H,5-7,15H2,1-4H3,(H2,16,17,18,19). The Hall–Kier alpha value is -1.36. The molecule has 0 bridgehead atoms. The number of nitrogens with two attached hydrogens (primary N) is 1. The van der Waals surface area contributed by atoms with E-state index in [1.807, 2.05) is 6.92 Å². The molecule has 1 aromatic rings. The van der Waals surface area contributed by atoms with Gasteiger partial charge in [-0.15, -0.1) is 0 Å². The molecule has 19 heavy (non-hydrogen) atoms. The Morgan fingerprint density at radius 2 is 1.89 bits per heavy atom. The number of anilines is 2. The molecule has 1 aromatic heterocycles. The van der Waals surface area contributed by atoms with Crippen LogP contribution in [0.15, 0.2) is 0 Å². The third-order valence-electron chi connectivity index (χ3n) is 4.10. The first kappa shape index (κ1) is 14.1. The first-order chi connectivity index (χ1) is 9.06. The molecule has 2 rings (SSSR count). The van der Waals surface area contributed by atoms with E-state index in [1.165, 1.54) is 12.8 Å². The Kier molecular flexibility index (Phi) is 4.24. The van der Waals surface area contributed by atoms with E-state index in [-0.39, 0.29) is 0 Å². The largest absolute Gasteiger partial charge is 0.367 e. The summed E-state index contributed by atoms with van der Waals surface area (Å²) in [6, 6.07) is 0.385. The number of nitrogens with one attached hydrogen (secondary N) is 2. The van der Waals surface area contributed by atoms with Gasteiger partial charge < -0.3 is 10.7 Å². The summed E-state index contributed by atoms with van der Waals surface area (Å²) in [6.45, 7) is 8.65. The van der Waals surface area contributed by atoms with Gasteiger partial charge >= 0.3 is 0 Å². The van der Waals surface area contributed by atoms with Gasteiger partial charge in [-0.05, 0) is 32.6 Å². The molecule has 1 aliphatic rings. The summed E-state index contributed by atoms with van der Waals surface area (Å²) in [5.41, 5.74) is 3.67. The van der Waals surface area contributed by atoms with Crippen LogP contribution in [-0.4, -0.2) is 16.0 Å². The van der Waals surface area contributed by atoms with E-state index in [1.54, 1.807) is 0 Å². The van der Waals surface area contributed by atoms with E-state index in [0.29, 0.717) is 17.9 Å². The summed E-state index contributed by atoms with van der Waals surface area (Å²) in [4.78, 5) is 9.18. The average Bonchev–Trinajstić information content (AvgIpc) is 3.24. The maximum absolute atomic E-state index is 5.56. The molecule has 0 saturated heterocycles. The highest BCUT2D eigenvalue weighted by molar-refractivity contribution is 5.57. The second kappa shape index (κ2) is 5.74. The quantitative estimate of drug-likeness (QED) is 0.543. The van der Waals surface area contributed by atoms with Gasteiger partial charge in [-0.3, -0.25) is 0 Å². The van der Waals surface area contributed by atoms with Crippen molar-refractivity contribution in [3.8, 4) is 0 Å². The smallest absolute Gasteiger partial charge is 0.148 e. The van der Waals surface area contributed by atoms with Crippen LogP contribution in [-0.2, 0) is 0 Å². The molecule has 1 fully saturated rings. The van der Waals surface area contributed by atoms with Crippen molar-refractivity contribution in [1.29, 1.82) is 0 Å². The van der Waals surface area contributed by atoms with Crippen LogP contribution in [0.5, 0.6) is 0 Å². The fraction of sp³-hybridized carbons (Fsp3) is 0.714. The van der Waals surface area contributed by atoms with Crippen molar-refractivity contribution in [2.24, 2.45) is 11.8 Å². The molecule has 0 aliphatic heterocycles. The van der Waals surface area contributed by atoms with Crippen LogP contribution in [0.3, 0.4) is 0 Å². The van der Waals surface area contributed by atoms with Gasteiger partial charge in [-0.2, -0.15) is 0 Å². The van der Waals surface area contributed by atoms with Gasteiger partial charge in [0, 0.05) is 17.5 Å². The maximum atomic E-state index is 5.56. The van der Waals surface area contributed by atoms with Crippen molar-refractivity contribution >= 4 is 11.6 Å². The minimum Gasteiger partial charge on any atom is -0.367 e. The van der Waals surface area contributed by atoms with Crippen LogP contribution in [0.4, 0.5) is 11.6 Å². The van der Waals surface area contributed by atoms with Crippen LogP contribution >= 0.6 is 0 Å². The molecule has 5 heteroatoms. The molecule has 2 unspecified atom stereocenters. The van der Waals surface area contributed by atoms with E-state index in [0.717, 1.165) is 29.4 Å². The Balaban J connectivity index is 2.24. The molecule has 0 spiro atoms. The monoisotopic (exact) mass is 263 g/mol. The third-order valence-corrected chi connectivity index (χ3v) is 4.10. The normalized spacial score (nSPS) is 17.9. The Labute approximate surface area is 115 Å². The molecular weight excluding hydrogens is 238 g/mol. The summed E-state index contributed by atoms with van der Waals surface area (Å²) >= 11 is 0. The van der Waals surface area contributed by atoms with Crippen molar-refractivity contribution in [3.05, 3.63) is 11.4 Å². The van der Waals surface area contributed by atoms with Crippen LogP contribution in [0, 0.1) is 12.8 Å². The van der Waals surface area contributed by atoms with E-state index >= 15 is 0 Å². The Bertz CT molecular complexity index is 442. The van der Waals surface area contributed by atoms with Crippen LogP contribution in [0.25, 0.3) is 0 Å². The highest BCUT2D eigenvalue weighted by atomic mass is 15.3. The van der Waals surface area contributed by atoms with Gasteiger partial charge in [-0.25, -0.2) is 15.8 Å². The van der Waals surface area contributed by atoms with Gasteiger partial charge in [0.2, 0.25) is 0 Å². The molecule has 5 nitrogen and oxygen atoms in total. The van der Waals surface area contributed by atoms with Gasteiger partial charge in [-0.1, -0.05) is 20.3 Å². The van der Waals surface area contributed by atoms with E-state index in [2.05, 4.69) is 41.5 Å². The summed E-state index contributed by atoms with van der Waals surface area (Å²) in [5, 5.41) is 3.51. The molecule has 1 aliphatic carbocycles. The number of hydrogen-bond donors (Lipinski definition) is 3. The summed E-state index contributed by atoms with van der Waals surface area (Å²) < 4.78 is 0. The zero-order valence-corrected chi connectivity index (χ0v) is 12.3. The molecular formula is C14H25N5. The Morgan fingerprint density at radius 1 is 1.26 bits per heavy atom. The average molecular weight is 263 g/mol. The van der Waals surface area contributed by atoms with Crippen LogP contribution in [0.1, 0.15) is 57.3 Å². The molecule has 4 N–H and O–H groups in total. The number of aromatic nitrogens is 2. The van der Waals surface area contributed by atoms with Crippen molar-refractivity contribution in [3.63, 3.8) is 0 Å². The highest BCUT2D eigenvalue weighted by Gasteiger charge is 2.28. The first-order valence-electron chi connectivity index (χ1n) is 7.18. The molecule has 2 atom stereocenters. The lowest BCUT2D eigenvalue weighted by atomic mass is 10.0. The fourth-order valence-corrected chi connectivity index (χ4v) is 2.05. The number of rotatable bonds is 6. The SMILES string of the molecule is CCC(C)C(C)Nc1nc(C2CC2)nc(NN)c1C. The number of hydrazine groups is 1. The minimum absolute atomic E-state index is 0.385. The number of nitrogens with zero attached hydrogens (tertiary/aromatic N) is 2. The fourth-order valence-electron chi connectivity index (χ4n) is 2.05. The Morgan fingerprint density at radius 3 is 2.42 bits per heavy atom. The molecule has 0 amide bonds. The molecule has 0 aromatic carbocycles. The summed E-state index contributed by atoms with van der Waals surface area (Å²) in [5.74, 6) is 9.24. The zero-order chi connectivity index (χ0) is 14.0. The van der Waals surface area contributed by atoms with Crippen molar-refractivity contribution in [1.82, 2.24) is 9.97 Å². The van der Waals surface area contributed by atoms with Crippen molar-refractivity contribution < 1.29 is 0 Å². The minimum atomic E-state index is 0.385. The second-order valence-corrected chi connectivity index (χ2v) is 5.64. The van der Waals surface area contributed by atoms with Gasteiger partial charge in [0.15, 0.2) is 0 Å². The van der Waals surface area contributed by atoms with E-state index in [4.69, 9.17) is 5.84 Å². The van der Waals surface area contributed by atoms with Gasteiger partial charge in [0.05, 0.1) is 0 Å². The molecule has 1 heterocycles. The molecule has 0 radical (unpaired) electrons. The van der Waals surface area contributed by atoms with Gasteiger partial charge in [0.1, 0.15) is 17.5 Å². The zero-order valence-electron chi connectivity index (χ0n) is 12.3. The van der Waals surface area contributed by atoms with Crippen molar-refractivity contribution in [2.45, 2.75) is 58.9 Å². The number of hydrogen-bond acceptors (Lipinski definition) is 5. The highest BCUT2D eigenvalue weighted by Crippen LogP contribution is 2.39. The van der Waals surface area contributed by atoms with Crippen LogP contribution < -0.4 is 16.6 Å². The lowest BCUT2D eigenvalue weighted by molar-refractivity contribution is 0.493. The summed E-state index contributed by atoms with van der Waals surface area (Å²) in [7, 11) is 0. The first-order valence-corrected chi connectivity index (χ1v) is 7.18. The van der Waals surface area contributed by atoms with E-state index < -0.39 is 0 Å². The maximum Gasteiger partial charge on any atom is 0.148 e. The third kappa shape index (κ3) is 3.15. The number of nitrogen functional groups attached to an aromatic ring is 1. The predicted octanol–water partition coefficient (Wildman–Crippen LogP) is 2.79.